The maximum Gasteiger partial charge on any atom is 0.125 e. The molecule has 2 heteroatoms. The second kappa shape index (κ2) is 5.58. The lowest BCUT2D eigenvalue weighted by Crippen LogP contribution is -2.19. The minimum absolute atomic E-state index is 0.416. The lowest BCUT2D eigenvalue weighted by atomic mass is 9.94. The lowest BCUT2D eigenvalue weighted by molar-refractivity contribution is 0.216. The Hall–Kier alpha value is -1.96. The fraction of sp³-hybridized carbons (Fsp3) is 0.333. The quantitative estimate of drug-likeness (QED) is 0.828. The van der Waals surface area contributed by atoms with Crippen LogP contribution in [-0.2, 0) is 0 Å². The largest absolute Gasteiger partial charge is 0.493 e. The first kappa shape index (κ1) is 13.0. The minimum atomic E-state index is 0.416. The normalized spacial score (nSPS) is 17.2. The van der Waals surface area contributed by atoms with Crippen LogP contribution in [0.3, 0.4) is 0 Å². The summed E-state index contributed by atoms with van der Waals surface area (Å²) in [6.07, 6.45) is 1.02. The maximum absolute atomic E-state index is 6.11. The van der Waals surface area contributed by atoms with E-state index < -0.39 is 0 Å². The molecule has 1 aliphatic rings. The molecule has 3 rings (SSSR count). The van der Waals surface area contributed by atoms with E-state index in [4.69, 9.17) is 9.47 Å². The molecule has 1 heterocycles. The molecule has 2 aromatic rings. The molecule has 0 saturated carbocycles. The standard InChI is InChI=1S/C18H20O2/c1-13-6-5-7-14(2)18(13)20-12-15-10-11-19-17-9-4-3-8-16(15)17/h3-9,15H,10-12H2,1-2H3. The summed E-state index contributed by atoms with van der Waals surface area (Å²) < 4.78 is 11.8. The van der Waals surface area contributed by atoms with Crippen LogP contribution in [0.15, 0.2) is 42.5 Å². The Morgan fingerprint density at radius 2 is 1.80 bits per heavy atom. The molecule has 0 aromatic heterocycles. The van der Waals surface area contributed by atoms with Crippen LogP contribution in [0.2, 0.25) is 0 Å². The van der Waals surface area contributed by atoms with E-state index in [2.05, 4.69) is 44.2 Å². The Balaban J connectivity index is 1.77. The summed E-state index contributed by atoms with van der Waals surface area (Å²) in [5, 5.41) is 0. The second-order valence-electron chi connectivity index (χ2n) is 5.40. The number of para-hydroxylation sites is 2. The van der Waals surface area contributed by atoms with Crippen LogP contribution < -0.4 is 9.47 Å². The van der Waals surface area contributed by atoms with Crippen molar-refractivity contribution in [3.8, 4) is 11.5 Å². The summed E-state index contributed by atoms with van der Waals surface area (Å²) in [5.41, 5.74) is 3.67. The smallest absolute Gasteiger partial charge is 0.125 e. The van der Waals surface area contributed by atoms with E-state index in [1.807, 2.05) is 12.1 Å². The van der Waals surface area contributed by atoms with Gasteiger partial charge in [0.15, 0.2) is 0 Å². The van der Waals surface area contributed by atoms with Crippen molar-refractivity contribution in [1.29, 1.82) is 0 Å². The number of hydrogen-bond donors (Lipinski definition) is 0. The maximum atomic E-state index is 6.11. The summed E-state index contributed by atoms with van der Waals surface area (Å²) >= 11 is 0. The third kappa shape index (κ3) is 2.51. The first-order valence-electron chi connectivity index (χ1n) is 7.16. The lowest BCUT2D eigenvalue weighted by Gasteiger charge is -2.26. The first-order chi connectivity index (χ1) is 9.75. The average Bonchev–Trinajstić information content (AvgIpc) is 2.47. The third-order valence-electron chi connectivity index (χ3n) is 3.92. The highest BCUT2D eigenvalue weighted by atomic mass is 16.5. The van der Waals surface area contributed by atoms with Crippen molar-refractivity contribution in [2.24, 2.45) is 0 Å². The number of fused-ring (bicyclic) bond motifs is 1. The van der Waals surface area contributed by atoms with Gasteiger partial charge in [0.2, 0.25) is 0 Å². The Morgan fingerprint density at radius 3 is 2.60 bits per heavy atom. The molecule has 0 spiro atoms. The molecule has 0 saturated heterocycles. The zero-order valence-corrected chi connectivity index (χ0v) is 12.1. The van der Waals surface area contributed by atoms with E-state index in [9.17, 15) is 0 Å². The van der Waals surface area contributed by atoms with Crippen LogP contribution in [-0.4, -0.2) is 13.2 Å². The topological polar surface area (TPSA) is 18.5 Å². The van der Waals surface area contributed by atoms with Gasteiger partial charge in [0.05, 0.1) is 13.2 Å². The molecule has 2 nitrogen and oxygen atoms in total. The number of aryl methyl sites for hydroxylation is 2. The molecule has 20 heavy (non-hydrogen) atoms. The van der Waals surface area contributed by atoms with Gasteiger partial charge in [0, 0.05) is 11.5 Å². The highest BCUT2D eigenvalue weighted by Crippen LogP contribution is 2.34. The van der Waals surface area contributed by atoms with E-state index in [0.29, 0.717) is 12.5 Å². The number of hydrogen-bond acceptors (Lipinski definition) is 2. The summed E-state index contributed by atoms with van der Waals surface area (Å²) in [4.78, 5) is 0. The van der Waals surface area contributed by atoms with E-state index >= 15 is 0 Å². The zero-order chi connectivity index (χ0) is 13.9. The molecule has 0 fully saturated rings. The summed E-state index contributed by atoms with van der Waals surface area (Å²) in [6, 6.07) is 14.5. The molecular weight excluding hydrogens is 248 g/mol. The van der Waals surface area contributed by atoms with Crippen LogP contribution in [0.5, 0.6) is 11.5 Å². The van der Waals surface area contributed by atoms with E-state index in [-0.39, 0.29) is 0 Å². The summed E-state index contributed by atoms with van der Waals surface area (Å²) in [7, 11) is 0. The fourth-order valence-electron chi connectivity index (χ4n) is 2.80. The van der Waals surface area contributed by atoms with Gasteiger partial charge in [-0.2, -0.15) is 0 Å². The molecule has 104 valence electrons. The van der Waals surface area contributed by atoms with Gasteiger partial charge in [-0.05, 0) is 37.5 Å². The monoisotopic (exact) mass is 268 g/mol. The predicted molar refractivity (Wildman–Crippen MR) is 80.7 cm³/mol. The number of ether oxygens (including phenoxy) is 2. The summed E-state index contributed by atoms with van der Waals surface area (Å²) in [6.45, 7) is 5.68. The van der Waals surface area contributed by atoms with Crippen molar-refractivity contribution in [3.05, 3.63) is 59.2 Å². The first-order valence-corrected chi connectivity index (χ1v) is 7.16. The molecule has 1 aliphatic heterocycles. The van der Waals surface area contributed by atoms with Crippen molar-refractivity contribution in [3.63, 3.8) is 0 Å². The molecule has 0 aliphatic carbocycles. The van der Waals surface area contributed by atoms with Crippen LogP contribution >= 0.6 is 0 Å². The molecule has 1 atom stereocenters. The van der Waals surface area contributed by atoms with Gasteiger partial charge in [0.25, 0.3) is 0 Å². The van der Waals surface area contributed by atoms with Crippen LogP contribution in [0, 0.1) is 13.8 Å². The Kier molecular flexibility index (Phi) is 3.64. The fourth-order valence-corrected chi connectivity index (χ4v) is 2.80. The molecular formula is C18H20O2. The second-order valence-corrected chi connectivity index (χ2v) is 5.40. The average molecular weight is 268 g/mol. The van der Waals surface area contributed by atoms with Gasteiger partial charge < -0.3 is 9.47 Å². The van der Waals surface area contributed by atoms with E-state index in [1.54, 1.807) is 0 Å². The highest BCUT2D eigenvalue weighted by Gasteiger charge is 2.22. The highest BCUT2D eigenvalue weighted by molar-refractivity contribution is 5.41. The van der Waals surface area contributed by atoms with Gasteiger partial charge in [-0.3, -0.25) is 0 Å². The van der Waals surface area contributed by atoms with E-state index in [1.165, 1.54) is 16.7 Å². The van der Waals surface area contributed by atoms with Crippen LogP contribution in [0.25, 0.3) is 0 Å². The zero-order valence-electron chi connectivity index (χ0n) is 12.1. The van der Waals surface area contributed by atoms with Gasteiger partial charge in [-0.25, -0.2) is 0 Å². The third-order valence-corrected chi connectivity index (χ3v) is 3.92. The molecule has 0 N–H and O–H groups in total. The summed E-state index contributed by atoms with van der Waals surface area (Å²) in [5.74, 6) is 2.45. The Bertz CT molecular complexity index is 584. The molecule has 1 unspecified atom stereocenters. The molecule has 2 aromatic carbocycles. The molecule has 0 amide bonds. The Morgan fingerprint density at radius 1 is 1.05 bits per heavy atom. The van der Waals surface area contributed by atoms with Crippen molar-refractivity contribution in [2.45, 2.75) is 26.2 Å². The van der Waals surface area contributed by atoms with Gasteiger partial charge in [-0.15, -0.1) is 0 Å². The number of rotatable bonds is 3. The van der Waals surface area contributed by atoms with Crippen LogP contribution in [0.4, 0.5) is 0 Å². The molecule has 0 radical (unpaired) electrons. The molecule has 0 bridgehead atoms. The Labute approximate surface area is 120 Å². The van der Waals surface area contributed by atoms with Gasteiger partial charge in [-0.1, -0.05) is 36.4 Å². The van der Waals surface area contributed by atoms with Crippen molar-refractivity contribution < 1.29 is 9.47 Å². The van der Waals surface area contributed by atoms with E-state index in [0.717, 1.165) is 24.5 Å². The SMILES string of the molecule is Cc1cccc(C)c1OCC1CCOc2ccccc21. The number of benzene rings is 2. The van der Waals surface area contributed by atoms with Gasteiger partial charge in [0.1, 0.15) is 11.5 Å². The van der Waals surface area contributed by atoms with Crippen molar-refractivity contribution in [1.82, 2.24) is 0 Å². The van der Waals surface area contributed by atoms with Crippen LogP contribution in [0.1, 0.15) is 29.0 Å². The van der Waals surface area contributed by atoms with Crippen molar-refractivity contribution >= 4 is 0 Å². The van der Waals surface area contributed by atoms with Gasteiger partial charge >= 0.3 is 0 Å². The predicted octanol–water partition coefficient (Wildman–Crippen LogP) is 4.25. The van der Waals surface area contributed by atoms with Crippen molar-refractivity contribution in [2.75, 3.05) is 13.2 Å². The minimum Gasteiger partial charge on any atom is -0.493 e.